The van der Waals surface area contributed by atoms with E-state index in [4.69, 9.17) is 4.74 Å². The first-order valence-electron chi connectivity index (χ1n) is 7.61. The lowest BCUT2D eigenvalue weighted by atomic mass is 10.0. The minimum absolute atomic E-state index is 0.272. The molecule has 3 nitrogen and oxygen atoms in total. The summed E-state index contributed by atoms with van der Waals surface area (Å²) in [6.07, 6.45) is 2.14. The van der Waals surface area contributed by atoms with Gasteiger partial charge in [-0.05, 0) is 31.9 Å². The van der Waals surface area contributed by atoms with Crippen molar-refractivity contribution in [1.29, 1.82) is 0 Å². The fourth-order valence-electron chi connectivity index (χ4n) is 2.76. The van der Waals surface area contributed by atoms with Crippen LogP contribution in [0.25, 0.3) is 0 Å². The molecule has 0 radical (unpaired) electrons. The highest BCUT2D eigenvalue weighted by atomic mass is 19.1. The van der Waals surface area contributed by atoms with Gasteiger partial charge in [-0.1, -0.05) is 13.8 Å². The lowest BCUT2D eigenvalue weighted by Gasteiger charge is -2.41. The zero-order chi connectivity index (χ0) is 14.5. The van der Waals surface area contributed by atoms with E-state index in [9.17, 15) is 4.39 Å². The van der Waals surface area contributed by atoms with Crippen molar-refractivity contribution in [3.05, 3.63) is 24.0 Å². The molecule has 0 bridgehead atoms. The van der Waals surface area contributed by atoms with E-state index in [2.05, 4.69) is 24.1 Å². The van der Waals surface area contributed by atoms with Gasteiger partial charge in [0.2, 0.25) is 0 Å². The van der Waals surface area contributed by atoms with Gasteiger partial charge in [-0.3, -0.25) is 0 Å². The van der Waals surface area contributed by atoms with Crippen LogP contribution in [0.2, 0.25) is 0 Å². The molecule has 112 valence electrons. The Morgan fingerprint density at radius 1 is 1.30 bits per heavy atom. The van der Waals surface area contributed by atoms with Gasteiger partial charge < -0.3 is 15.0 Å². The summed E-state index contributed by atoms with van der Waals surface area (Å²) in [7, 11) is 0. The van der Waals surface area contributed by atoms with Gasteiger partial charge in [0.05, 0.1) is 6.61 Å². The molecule has 1 aliphatic heterocycles. The number of hydrogen-bond acceptors (Lipinski definition) is 3. The molecule has 0 amide bonds. The molecule has 0 aliphatic carbocycles. The zero-order valence-corrected chi connectivity index (χ0v) is 12.7. The second-order valence-corrected chi connectivity index (χ2v) is 5.28. The van der Waals surface area contributed by atoms with E-state index in [0.29, 0.717) is 24.4 Å². The van der Waals surface area contributed by atoms with Gasteiger partial charge >= 0.3 is 0 Å². The fraction of sp³-hybridized carbons (Fsp3) is 0.625. The normalized spacial score (nSPS) is 22.9. The Labute approximate surface area is 121 Å². The number of anilines is 1. The van der Waals surface area contributed by atoms with Crippen LogP contribution < -0.4 is 15.0 Å². The van der Waals surface area contributed by atoms with Crippen LogP contribution in [0.5, 0.6) is 5.75 Å². The third kappa shape index (κ3) is 3.23. The summed E-state index contributed by atoms with van der Waals surface area (Å²) in [5, 5.41) is 3.56. The van der Waals surface area contributed by atoms with Crippen LogP contribution in [0.1, 0.15) is 33.6 Å². The van der Waals surface area contributed by atoms with Gasteiger partial charge in [0.25, 0.3) is 0 Å². The molecule has 0 spiro atoms. The van der Waals surface area contributed by atoms with E-state index >= 15 is 0 Å². The van der Waals surface area contributed by atoms with E-state index in [1.807, 2.05) is 13.0 Å². The molecule has 1 saturated heterocycles. The molecule has 1 heterocycles. The predicted molar refractivity (Wildman–Crippen MR) is 81.1 cm³/mol. The minimum Gasteiger partial charge on any atom is -0.491 e. The number of hydrogen-bond donors (Lipinski definition) is 1. The summed E-state index contributed by atoms with van der Waals surface area (Å²) in [6, 6.07) is 6.22. The van der Waals surface area contributed by atoms with Gasteiger partial charge in [0.15, 0.2) is 11.6 Å². The molecule has 0 saturated carbocycles. The van der Waals surface area contributed by atoms with Crippen molar-refractivity contribution in [3.63, 3.8) is 0 Å². The number of nitrogens with zero attached hydrogens (tertiary/aromatic N) is 1. The van der Waals surface area contributed by atoms with Crippen molar-refractivity contribution in [1.82, 2.24) is 5.32 Å². The quantitative estimate of drug-likeness (QED) is 0.896. The van der Waals surface area contributed by atoms with Gasteiger partial charge in [0, 0.05) is 36.9 Å². The van der Waals surface area contributed by atoms with E-state index in [-0.39, 0.29) is 5.82 Å². The van der Waals surface area contributed by atoms with E-state index in [1.54, 1.807) is 12.1 Å². The van der Waals surface area contributed by atoms with E-state index < -0.39 is 0 Å². The first kappa shape index (κ1) is 15.1. The summed E-state index contributed by atoms with van der Waals surface area (Å²) in [4.78, 5) is 2.32. The molecule has 1 aromatic carbocycles. The molecule has 2 atom stereocenters. The van der Waals surface area contributed by atoms with Crippen LogP contribution in [0.3, 0.4) is 0 Å². The minimum atomic E-state index is -0.272. The smallest absolute Gasteiger partial charge is 0.167 e. The fourth-order valence-corrected chi connectivity index (χ4v) is 2.76. The zero-order valence-electron chi connectivity index (χ0n) is 12.7. The summed E-state index contributed by atoms with van der Waals surface area (Å²) >= 11 is 0. The number of rotatable bonds is 5. The summed E-state index contributed by atoms with van der Waals surface area (Å²) in [5.74, 6) is 0.0669. The van der Waals surface area contributed by atoms with Gasteiger partial charge in [0.1, 0.15) is 0 Å². The average molecular weight is 280 g/mol. The second-order valence-electron chi connectivity index (χ2n) is 5.28. The molecule has 4 heteroatoms. The monoisotopic (exact) mass is 280 g/mol. The highest BCUT2D eigenvalue weighted by Crippen LogP contribution is 2.27. The molecular formula is C16H25FN2O. The lowest BCUT2D eigenvalue weighted by Crippen LogP contribution is -2.56. The first-order chi connectivity index (χ1) is 9.69. The van der Waals surface area contributed by atoms with E-state index in [0.717, 1.165) is 31.6 Å². The summed E-state index contributed by atoms with van der Waals surface area (Å²) in [6.45, 7) is 8.60. The number of halogens is 1. The molecule has 2 rings (SSSR count). The molecule has 1 aliphatic rings. The van der Waals surface area contributed by atoms with Crippen molar-refractivity contribution < 1.29 is 9.13 Å². The highest BCUT2D eigenvalue weighted by molar-refractivity contribution is 5.51. The van der Waals surface area contributed by atoms with Crippen molar-refractivity contribution in [2.45, 2.75) is 45.7 Å². The number of piperazine rings is 1. The number of ether oxygens (including phenoxy) is 1. The number of nitrogens with one attached hydrogen (secondary N) is 1. The Balaban J connectivity index is 2.20. The summed E-state index contributed by atoms with van der Waals surface area (Å²) in [5.41, 5.74) is 0.956. The Hall–Kier alpha value is -1.29. The van der Waals surface area contributed by atoms with Crippen LogP contribution in [0.15, 0.2) is 18.2 Å². The molecule has 2 unspecified atom stereocenters. The third-order valence-electron chi connectivity index (χ3n) is 4.01. The topological polar surface area (TPSA) is 24.5 Å². The maximum absolute atomic E-state index is 14.0. The maximum atomic E-state index is 14.0. The summed E-state index contributed by atoms with van der Waals surface area (Å²) < 4.78 is 19.3. The molecular weight excluding hydrogens is 255 g/mol. The van der Waals surface area contributed by atoms with Gasteiger partial charge in [-0.2, -0.15) is 0 Å². The first-order valence-corrected chi connectivity index (χ1v) is 7.61. The van der Waals surface area contributed by atoms with Crippen molar-refractivity contribution >= 4 is 5.69 Å². The Kier molecular flexibility index (Phi) is 5.24. The largest absolute Gasteiger partial charge is 0.491 e. The lowest BCUT2D eigenvalue weighted by molar-refractivity contribution is 0.321. The molecule has 1 N–H and O–H groups in total. The van der Waals surface area contributed by atoms with Crippen LogP contribution in [0, 0.1) is 5.82 Å². The van der Waals surface area contributed by atoms with Gasteiger partial charge in [-0.15, -0.1) is 0 Å². The van der Waals surface area contributed by atoms with Crippen LogP contribution in [-0.4, -0.2) is 31.8 Å². The van der Waals surface area contributed by atoms with Crippen LogP contribution in [0.4, 0.5) is 10.1 Å². The molecule has 1 aromatic rings. The Morgan fingerprint density at radius 2 is 2.10 bits per heavy atom. The third-order valence-corrected chi connectivity index (χ3v) is 4.01. The maximum Gasteiger partial charge on any atom is 0.167 e. The molecule has 0 aromatic heterocycles. The van der Waals surface area contributed by atoms with Crippen LogP contribution in [-0.2, 0) is 0 Å². The van der Waals surface area contributed by atoms with E-state index in [1.165, 1.54) is 0 Å². The number of benzene rings is 1. The van der Waals surface area contributed by atoms with Gasteiger partial charge in [-0.25, -0.2) is 4.39 Å². The standard InChI is InChI=1S/C16H25FN2O/c1-4-12-11-19(13(5-2)10-18-12)14-7-8-16(20-6-3)15(17)9-14/h7-9,12-13,18H,4-6,10-11H2,1-3H3. The van der Waals surface area contributed by atoms with Crippen molar-refractivity contribution in [3.8, 4) is 5.75 Å². The Bertz CT molecular complexity index is 438. The predicted octanol–water partition coefficient (Wildman–Crippen LogP) is 3.19. The Morgan fingerprint density at radius 3 is 2.70 bits per heavy atom. The average Bonchev–Trinajstić information content (AvgIpc) is 2.48. The molecule has 1 fully saturated rings. The van der Waals surface area contributed by atoms with Crippen molar-refractivity contribution in [2.75, 3.05) is 24.6 Å². The molecule has 20 heavy (non-hydrogen) atoms. The second kappa shape index (κ2) is 6.93. The van der Waals surface area contributed by atoms with Crippen LogP contribution >= 0.6 is 0 Å². The highest BCUT2D eigenvalue weighted by Gasteiger charge is 2.26. The van der Waals surface area contributed by atoms with Crippen molar-refractivity contribution in [2.24, 2.45) is 0 Å². The SMILES string of the molecule is CCOc1ccc(N2CC(CC)NCC2CC)cc1F.